The van der Waals surface area contributed by atoms with Crippen molar-refractivity contribution in [2.45, 2.75) is 40.0 Å². The zero-order valence-corrected chi connectivity index (χ0v) is 22.9. The Hall–Kier alpha value is -3.64. The van der Waals surface area contributed by atoms with E-state index in [0.29, 0.717) is 5.65 Å². The first-order valence-corrected chi connectivity index (χ1v) is 13.2. The number of likely N-dealkylation sites (tertiary alicyclic amines) is 1. The molecular formula is C31H40N6. The molecule has 4 rings (SSSR count). The van der Waals surface area contributed by atoms with E-state index in [9.17, 15) is 0 Å². The minimum Gasteiger partial charge on any atom is -0.371 e. The molecule has 3 aromatic heterocycles. The quantitative estimate of drug-likeness (QED) is 0.322. The Labute approximate surface area is 221 Å². The van der Waals surface area contributed by atoms with Crippen LogP contribution >= 0.6 is 0 Å². The van der Waals surface area contributed by atoms with Gasteiger partial charge in [0.1, 0.15) is 0 Å². The molecule has 0 aliphatic carbocycles. The molecule has 0 spiro atoms. The standard InChI is InChI=1S/C31H40N6/c1-7-10-14-29(37-15-12-11-13-16-37)26-19-28(33-22(26)4)30-27-18-25(20-32-31(27)35-34-30)24(9-3)17-23(8-2)21-36(5)6/h7-10,14,17-20,33H,2,11-13,15-16,21H2,1,3-6H3,(H,32,34,35)/b10-7-,23-17+,24-9+,29-14+. The lowest BCUT2D eigenvalue weighted by Gasteiger charge is -2.31. The monoisotopic (exact) mass is 496 g/mol. The van der Waals surface area contributed by atoms with Crippen molar-refractivity contribution in [1.29, 1.82) is 0 Å². The number of allylic oxidation sites excluding steroid dienone is 6. The molecule has 0 radical (unpaired) electrons. The number of rotatable bonds is 9. The third kappa shape index (κ3) is 6.03. The number of hydrogen-bond donors (Lipinski definition) is 2. The first kappa shape index (κ1) is 26.4. The van der Waals surface area contributed by atoms with Crippen LogP contribution in [0.3, 0.4) is 0 Å². The lowest BCUT2D eigenvalue weighted by atomic mass is 10.0. The molecule has 3 aromatic rings. The Morgan fingerprint density at radius 3 is 2.62 bits per heavy atom. The van der Waals surface area contributed by atoms with Gasteiger partial charge in [-0.3, -0.25) is 5.10 Å². The zero-order chi connectivity index (χ0) is 26.4. The van der Waals surface area contributed by atoms with Crippen molar-refractivity contribution in [1.82, 2.24) is 30.0 Å². The summed E-state index contributed by atoms with van der Waals surface area (Å²) in [5, 5.41) is 8.76. The van der Waals surface area contributed by atoms with Gasteiger partial charge in [0, 0.05) is 53.7 Å². The van der Waals surface area contributed by atoms with E-state index in [2.05, 4.69) is 114 Å². The number of aromatic amines is 2. The molecule has 6 nitrogen and oxygen atoms in total. The third-order valence-corrected chi connectivity index (χ3v) is 6.86. The first-order valence-electron chi connectivity index (χ1n) is 13.2. The number of nitrogens with one attached hydrogen (secondary N) is 2. The average molecular weight is 497 g/mol. The van der Waals surface area contributed by atoms with E-state index in [1.807, 2.05) is 12.3 Å². The largest absolute Gasteiger partial charge is 0.371 e. The van der Waals surface area contributed by atoms with Crippen LogP contribution in [0.25, 0.3) is 33.7 Å². The van der Waals surface area contributed by atoms with Gasteiger partial charge in [0.2, 0.25) is 0 Å². The molecule has 0 saturated carbocycles. The minimum atomic E-state index is 0.713. The van der Waals surface area contributed by atoms with Gasteiger partial charge >= 0.3 is 0 Å². The molecule has 0 unspecified atom stereocenters. The average Bonchev–Trinajstić information content (AvgIpc) is 3.50. The van der Waals surface area contributed by atoms with E-state index in [4.69, 9.17) is 0 Å². The van der Waals surface area contributed by atoms with Crippen LogP contribution in [0.2, 0.25) is 0 Å². The number of hydrogen-bond acceptors (Lipinski definition) is 4. The number of aryl methyl sites for hydroxylation is 1. The van der Waals surface area contributed by atoms with Crippen LogP contribution in [-0.2, 0) is 0 Å². The summed E-state index contributed by atoms with van der Waals surface area (Å²) in [4.78, 5) is 13.0. The molecule has 0 atom stereocenters. The summed E-state index contributed by atoms with van der Waals surface area (Å²) in [7, 11) is 4.13. The fourth-order valence-corrected chi connectivity index (χ4v) is 4.98. The van der Waals surface area contributed by atoms with Crippen molar-refractivity contribution in [3.8, 4) is 11.4 Å². The molecule has 1 aliphatic heterocycles. The van der Waals surface area contributed by atoms with Gasteiger partial charge in [-0.05, 0) is 83.5 Å². The van der Waals surface area contributed by atoms with Crippen molar-refractivity contribution >= 4 is 22.3 Å². The highest BCUT2D eigenvalue weighted by molar-refractivity contribution is 5.93. The Morgan fingerprint density at radius 2 is 1.95 bits per heavy atom. The fraction of sp³-hybridized carbons (Fsp3) is 0.355. The Morgan fingerprint density at radius 1 is 1.16 bits per heavy atom. The topological polar surface area (TPSA) is 63.8 Å². The summed E-state index contributed by atoms with van der Waals surface area (Å²) >= 11 is 0. The molecule has 1 aliphatic rings. The van der Waals surface area contributed by atoms with Crippen LogP contribution in [0.4, 0.5) is 0 Å². The van der Waals surface area contributed by atoms with E-state index in [0.717, 1.165) is 58.8 Å². The smallest absolute Gasteiger partial charge is 0.181 e. The molecule has 4 heterocycles. The zero-order valence-electron chi connectivity index (χ0n) is 22.9. The van der Waals surface area contributed by atoms with Gasteiger partial charge in [-0.2, -0.15) is 5.10 Å². The number of H-pyrrole nitrogens is 2. The summed E-state index contributed by atoms with van der Waals surface area (Å²) in [6, 6.07) is 4.43. The highest BCUT2D eigenvalue weighted by atomic mass is 15.2. The van der Waals surface area contributed by atoms with Gasteiger partial charge in [0.25, 0.3) is 0 Å². The molecule has 1 saturated heterocycles. The van der Waals surface area contributed by atoms with Crippen LogP contribution in [0.1, 0.15) is 49.9 Å². The number of fused-ring (bicyclic) bond motifs is 1. The molecule has 0 bridgehead atoms. The van der Waals surface area contributed by atoms with Gasteiger partial charge in [-0.1, -0.05) is 37.0 Å². The van der Waals surface area contributed by atoms with Crippen molar-refractivity contribution in [2.24, 2.45) is 0 Å². The lowest BCUT2D eigenvalue weighted by Crippen LogP contribution is -2.28. The van der Waals surface area contributed by atoms with Crippen LogP contribution in [0.5, 0.6) is 0 Å². The van der Waals surface area contributed by atoms with E-state index < -0.39 is 0 Å². The molecule has 6 heteroatoms. The van der Waals surface area contributed by atoms with E-state index in [-0.39, 0.29) is 0 Å². The van der Waals surface area contributed by atoms with E-state index >= 15 is 0 Å². The summed E-state index contributed by atoms with van der Waals surface area (Å²) in [6.45, 7) is 13.3. The maximum atomic E-state index is 4.68. The van der Waals surface area contributed by atoms with Gasteiger partial charge in [-0.15, -0.1) is 0 Å². The van der Waals surface area contributed by atoms with Crippen molar-refractivity contribution in [3.63, 3.8) is 0 Å². The molecule has 194 valence electrons. The summed E-state index contributed by atoms with van der Waals surface area (Å²) < 4.78 is 0. The Balaban J connectivity index is 1.74. The Kier molecular flexibility index (Phi) is 8.62. The van der Waals surface area contributed by atoms with Crippen molar-refractivity contribution in [3.05, 3.63) is 83.8 Å². The van der Waals surface area contributed by atoms with Crippen LogP contribution in [0.15, 0.2) is 66.9 Å². The predicted octanol–water partition coefficient (Wildman–Crippen LogP) is 6.74. The number of pyridine rings is 1. The van der Waals surface area contributed by atoms with Crippen molar-refractivity contribution < 1.29 is 0 Å². The number of aromatic nitrogens is 4. The minimum absolute atomic E-state index is 0.713. The molecule has 0 amide bonds. The second-order valence-electron chi connectivity index (χ2n) is 9.95. The molecule has 37 heavy (non-hydrogen) atoms. The predicted molar refractivity (Wildman–Crippen MR) is 157 cm³/mol. The SMILES string of the molecule is C=C/C(=C\C(=C/C)c1cnc2n[nH]c(-c3cc(/C(=C\C=C/C)N4CCCCC4)c(C)[nH]3)c2c1)CN(C)C. The normalized spacial score (nSPS) is 15.9. The van der Waals surface area contributed by atoms with Gasteiger partial charge in [-0.25, -0.2) is 4.98 Å². The van der Waals surface area contributed by atoms with E-state index in [1.54, 1.807) is 0 Å². The molecular weight excluding hydrogens is 456 g/mol. The summed E-state index contributed by atoms with van der Waals surface area (Å²) in [5.41, 5.74) is 9.69. The van der Waals surface area contributed by atoms with Crippen LogP contribution in [-0.4, -0.2) is 63.7 Å². The molecule has 1 fully saturated rings. The van der Waals surface area contributed by atoms with E-state index in [1.165, 1.54) is 30.5 Å². The lowest BCUT2D eigenvalue weighted by molar-refractivity contribution is 0.326. The maximum absolute atomic E-state index is 4.68. The fourth-order valence-electron chi connectivity index (χ4n) is 4.98. The van der Waals surface area contributed by atoms with Crippen molar-refractivity contribution in [2.75, 3.05) is 33.7 Å². The summed E-state index contributed by atoms with van der Waals surface area (Å²) in [5.74, 6) is 0. The van der Waals surface area contributed by atoms with Gasteiger partial charge in [0.05, 0.1) is 11.4 Å². The highest BCUT2D eigenvalue weighted by Gasteiger charge is 2.20. The number of likely N-dealkylation sites (N-methyl/N-ethyl adjacent to an activating group) is 1. The van der Waals surface area contributed by atoms with Gasteiger partial charge < -0.3 is 14.8 Å². The maximum Gasteiger partial charge on any atom is 0.181 e. The third-order valence-electron chi connectivity index (χ3n) is 6.86. The second-order valence-corrected chi connectivity index (χ2v) is 9.95. The second kappa shape index (κ2) is 12.1. The Bertz CT molecular complexity index is 1360. The molecule has 0 aromatic carbocycles. The van der Waals surface area contributed by atoms with Crippen LogP contribution < -0.4 is 0 Å². The summed E-state index contributed by atoms with van der Waals surface area (Å²) in [6.07, 6.45) is 18.4. The van der Waals surface area contributed by atoms with Crippen LogP contribution in [0, 0.1) is 6.92 Å². The first-order chi connectivity index (χ1) is 17.9. The molecule has 2 N–H and O–H groups in total. The number of piperidine rings is 1. The van der Waals surface area contributed by atoms with Gasteiger partial charge in [0.15, 0.2) is 5.65 Å². The number of nitrogens with zero attached hydrogens (tertiary/aromatic N) is 4. The highest BCUT2D eigenvalue weighted by Crippen LogP contribution is 2.33.